The lowest BCUT2D eigenvalue weighted by atomic mass is 10.1. The van der Waals surface area contributed by atoms with E-state index in [0.717, 1.165) is 73.7 Å². The minimum Gasteiger partial charge on any atom is -0.497 e. The van der Waals surface area contributed by atoms with Crippen molar-refractivity contribution in [2.75, 3.05) is 46.4 Å². The molecule has 1 aromatic heterocycles. The molecule has 2 heterocycles. The number of aryl methyl sites for hydroxylation is 1. The first-order valence-corrected chi connectivity index (χ1v) is 10.9. The fourth-order valence-corrected chi connectivity index (χ4v) is 4.18. The molecule has 2 aromatic carbocycles. The van der Waals surface area contributed by atoms with Crippen molar-refractivity contribution >= 4 is 10.9 Å². The number of H-pyrrole nitrogens is 1. The zero-order valence-electron chi connectivity index (χ0n) is 18.4. The summed E-state index contributed by atoms with van der Waals surface area (Å²) in [5.74, 6) is 1.72. The van der Waals surface area contributed by atoms with Gasteiger partial charge in [-0.05, 0) is 48.7 Å². The molecule has 0 radical (unpaired) electrons. The predicted octanol–water partition coefficient (Wildman–Crippen LogP) is 3.43. The maximum atomic E-state index is 11.7. The molecule has 0 amide bonds. The number of aromatic nitrogens is 1. The van der Waals surface area contributed by atoms with Gasteiger partial charge in [-0.25, -0.2) is 0 Å². The quantitative estimate of drug-likeness (QED) is 0.565. The number of nitrogens with one attached hydrogen (secondary N) is 1. The van der Waals surface area contributed by atoms with Crippen LogP contribution in [0.5, 0.6) is 11.5 Å². The van der Waals surface area contributed by atoms with E-state index in [1.807, 2.05) is 31.2 Å². The lowest BCUT2D eigenvalue weighted by Gasteiger charge is -2.34. The van der Waals surface area contributed by atoms with E-state index in [-0.39, 0.29) is 5.56 Å². The predicted molar refractivity (Wildman–Crippen MR) is 124 cm³/mol. The van der Waals surface area contributed by atoms with Crippen LogP contribution in [-0.4, -0.2) is 61.2 Å². The average Bonchev–Trinajstić information content (AvgIpc) is 2.77. The Balaban J connectivity index is 1.19. The van der Waals surface area contributed by atoms with E-state index in [0.29, 0.717) is 6.61 Å². The van der Waals surface area contributed by atoms with Gasteiger partial charge in [0, 0.05) is 56.8 Å². The summed E-state index contributed by atoms with van der Waals surface area (Å²) >= 11 is 0. The standard InChI is InChI=1S/C25H31N3O3/c1-19-15-25(29)26-24-17-22(7-8-23(19)24)31-14-4-9-27-10-12-28(13-11-27)18-20-5-3-6-21(16-20)30-2/h3,5-8,15-17H,4,9-14,18H2,1-2H3,(H,26,29). The fourth-order valence-electron chi connectivity index (χ4n) is 4.18. The third kappa shape index (κ3) is 5.66. The van der Waals surface area contributed by atoms with Crippen molar-refractivity contribution in [3.05, 3.63) is 70.0 Å². The van der Waals surface area contributed by atoms with Crippen LogP contribution in [0.25, 0.3) is 10.9 Å². The molecular weight excluding hydrogens is 390 g/mol. The van der Waals surface area contributed by atoms with Gasteiger partial charge < -0.3 is 19.4 Å². The van der Waals surface area contributed by atoms with Crippen LogP contribution < -0.4 is 15.0 Å². The summed E-state index contributed by atoms with van der Waals surface area (Å²) in [4.78, 5) is 19.6. The molecule has 4 rings (SSSR count). The van der Waals surface area contributed by atoms with Crippen molar-refractivity contribution in [1.29, 1.82) is 0 Å². The second-order valence-corrected chi connectivity index (χ2v) is 8.20. The highest BCUT2D eigenvalue weighted by molar-refractivity contribution is 5.82. The van der Waals surface area contributed by atoms with Crippen LogP contribution in [0.15, 0.2) is 53.3 Å². The van der Waals surface area contributed by atoms with Crippen molar-refractivity contribution in [1.82, 2.24) is 14.8 Å². The summed E-state index contributed by atoms with van der Waals surface area (Å²) in [6, 6.07) is 15.9. The molecule has 1 aliphatic rings. The smallest absolute Gasteiger partial charge is 0.248 e. The van der Waals surface area contributed by atoms with Crippen molar-refractivity contribution in [3.63, 3.8) is 0 Å². The molecule has 0 saturated carbocycles. The number of piperazine rings is 1. The Labute approximate surface area is 183 Å². The number of nitrogens with zero attached hydrogens (tertiary/aromatic N) is 2. The Morgan fingerprint density at radius 3 is 2.58 bits per heavy atom. The highest BCUT2D eigenvalue weighted by Gasteiger charge is 2.16. The summed E-state index contributed by atoms with van der Waals surface area (Å²) in [5, 5.41) is 1.05. The fraction of sp³-hybridized carbons (Fsp3) is 0.400. The first-order valence-electron chi connectivity index (χ1n) is 10.9. The second-order valence-electron chi connectivity index (χ2n) is 8.20. The molecule has 3 aromatic rings. The summed E-state index contributed by atoms with van der Waals surface area (Å²) in [6.45, 7) is 8.96. The normalized spacial score (nSPS) is 15.3. The van der Waals surface area contributed by atoms with E-state index < -0.39 is 0 Å². The van der Waals surface area contributed by atoms with Crippen LogP contribution in [-0.2, 0) is 6.54 Å². The maximum Gasteiger partial charge on any atom is 0.248 e. The molecule has 164 valence electrons. The molecule has 0 unspecified atom stereocenters. The van der Waals surface area contributed by atoms with Crippen LogP contribution >= 0.6 is 0 Å². The van der Waals surface area contributed by atoms with Gasteiger partial charge >= 0.3 is 0 Å². The van der Waals surface area contributed by atoms with Crippen LogP contribution in [0.3, 0.4) is 0 Å². The summed E-state index contributed by atoms with van der Waals surface area (Å²) in [5.41, 5.74) is 3.03. The van der Waals surface area contributed by atoms with Gasteiger partial charge in [0.15, 0.2) is 0 Å². The van der Waals surface area contributed by atoms with E-state index in [1.165, 1.54) is 5.56 Å². The Morgan fingerprint density at radius 1 is 0.968 bits per heavy atom. The monoisotopic (exact) mass is 421 g/mol. The van der Waals surface area contributed by atoms with Crippen molar-refractivity contribution in [3.8, 4) is 11.5 Å². The number of rotatable bonds is 8. The summed E-state index contributed by atoms with van der Waals surface area (Å²) in [7, 11) is 1.71. The van der Waals surface area contributed by atoms with Crippen LogP contribution in [0.2, 0.25) is 0 Å². The van der Waals surface area contributed by atoms with Gasteiger partial charge in [0.1, 0.15) is 11.5 Å². The van der Waals surface area contributed by atoms with Gasteiger partial charge in [0.25, 0.3) is 0 Å². The molecular formula is C25H31N3O3. The Kier molecular flexibility index (Phi) is 6.89. The van der Waals surface area contributed by atoms with Crippen molar-refractivity contribution < 1.29 is 9.47 Å². The maximum absolute atomic E-state index is 11.7. The molecule has 1 fully saturated rings. The molecule has 0 atom stereocenters. The van der Waals surface area contributed by atoms with Gasteiger partial charge in [0.2, 0.25) is 5.56 Å². The average molecular weight is 422 g/mol. The van der Waals surface area contributed by atoms with E-state index >= 15 is 0 Å². The zero-order chi connectivity index (χ0) is 21.6. The topological polar surface area (TPSA) is 57.8 Å². The SMILES string of the molecule is COc1cccc(CN2CCN(CCCOc3ccc4c(C)cc(=O)[nH]c4c3)CC2)c1. The van der Waals surface area contributed by atoms with E-state index in [9.17, 15) is 4.79 Å². The van der Waals surface area contributed by atoms with Gasteiger partial charge in [-0.3, -0.25) is 9.69 Å². The Hall–Kier alpha value is -2.83. The molecule has 1 N–H and O–H groups in total. The molecule has 0 spiro atoms. The highest BCUT2D eigenvalue weighted by Crippen LogP contribution is 2.21. The number of pyridine rings is 1. The minimum atomic E-state index is -0.0762. The van der Waals surface area contributed by atoms with E-state index in [4.69, 9.17) is 9.47 Å². The minimum absolute atomic E-state index is 0.0762. The molecule has 6 heteroatoms. The van der Waals surface area contributed by atoms with Gasteiger partial charge in [-0.1, -0.05) is 12.1 Å². The lowest BCUT2D eigenvalue weighted by molar-refractivity contribution is 0.121. The Bertz CT molecular complexity index is 1070. The van der Waals surface area contributed by atoms with Gasteiger partial charge in [0.05, 0.1) is 19.2 Å². The molecule has 1 saturated heterocycles. The third-order valence-electron chi connectivity index (χ3n) is 5.91. The molecule has 0 aliphatic carbocycles. The number of ether oxygens (including phenoxy) is 2. The molecule has 6 nitrogen and oxygen atoms in total. The lowest BCUT2D eigenvalue weighted by Crippen LogP contribution is -2.46. The third-order valence-corrected chi connectivity index (χ3v) is 5.91. The number of benzene rings is 2. The van der Waals surface area contributed by atoms with Crippen molar-refractivity contribution in [2.24, 2.45) is 0 Å². The Morgan fingerprint density at radius 2 is 1.77 bits per heavy atom. The first kappa shape index (κ1) is 21.4. The van der Waals surface area contributed by atoms with Crippen molar-refractivity contribution in [2.45, 2.75) is 19.9 Å². The number of aromatic amines is 1. The number of hydrogen-bond donors (Lipinski definition) is 1. The molecule has 1 aliphatic heterocycles. The zero-order valence-corrected chi connectivity index (χ0v) is 18.4. The van der Waals surface area contributed by atoms with Crippen LogP contribution in [0.4, 0.5) is 0 Å². The van der Waals surface area contributed by atoms with Gasteiger partial charge in [-0.2, -0.15) is 0 Å². The molecule has 31 heavy (non-hydrogen) atoms. The van der Waals surface area contributed by atoms with E-state index in [1.54, 1.807) is 13.2 Å². The number of fused-ring (bicyclic) bond motifs is 1. The number of hydrogen-bond acceptors (Lipinski definition) is 5. The largest absolute Gasteiger partial charge is 0.497 e. The van der Waals surface area contributed by atoms with Gasteiger partial charge in [-0.15, -0.1) is 0 Å². The van der Waals surface area contributed by atoms with Crippen LogP contribution in [0.1, 0.15) is 17.5 Å². The van der Waals surface area contributed by atoms with E-state index in [2.05, 4.69) is 33.0 Å². The molecule has 0 bridgehead atoms. The van der Waals surface area contributed by atoms with Crippen LogP contribution in [0, 0.1) is 6.92 Å². The highest BCUT2D eigenvalue weighted by atomic mass is 16.5. The number of methoxy groups -OCH3 is 1. The second kappa shape index (κ2) is 9.98. The summed E-state index contributed by atoms with van der Waals surface area (Å²) in [6.07, 6.45) is 0.984. The summed E-state index contributed by atoms with van der Waals surface area (Å²) < 4.78 is 11.3. The first-order chi connectivity index (χ1) is 15.1.